The fraction of sp³-hybridized carbons (Fsp3) is 0.118. The van der Waals surface area contributed by atoms with Gasteiger partial charge in [-0.15, -0.1) is 0 Å². The predicted molar refractivity (Wildman–Crippen MR) is 80.3 cm³/mol. The fourth-order valence-corrected chi connectivity index (χ4v) is 2.35. The largest absolute Gasteiger partial charge is 0.496 e. The number of aromatic nitrogens is 1. The van der Waals surface area contributed by atoms with Crippen LogP contribution in [0.5, 0.6) is 11.6 Å². The predicted octanol–water partition coefficient (Wildman–Crippen LogP) is 3.92. The Balaban J connectivity index is 2.34. The van der Waals surface area contributed by atoms with Crippen LogP contribution < -0.4 is 9.47 Å². The van der Waals surface area contributed by atoms with Crippen molar-refractivity contribution in [2.45, 2.75) is 0 Å². The monoisotopic (exact) mass is 265 g/mol. The molecule has 0 unspecified atom stereocenters. The van der Waals surface area contributed by atoms with E-state index in [1.54, 1.807) is 14.2 Å². The van der Waals surface area contributed by atoms with Gasteiger partial charge in [-0.3, -0.25) is 0 Å². The number of nitrogens with zero attached hydrogens (tertiary/aromatic N) is 1. The summed E-state index contributed by atoms with van der Waals surface area (Å²) < 4.78 is 10.7. The van der Waals surface area contributed by atoms with Gasteiger partial charge in [0.05, 0.1) is 25.1 Å². The van der Waals surface area contributed by atoms with Crippen molar-refractivity contribution in [2.75, 3.05) is 14.2 Å². The van der Waals surface area contributed by atoms with Crippen LogP contribution in [0.4, 0.5) is 0 Å². The topological polar surface area (TPSA) is 31.4 Å². The Morgan fingerprint density at radius 3 is 2.35 bits per heavy atom. The number of hydrogen-bond donors (Lipinski definition) is 0. The molecular formula is C17H15NO2. The van der Waals surface area contributed by atoms with Gasteiger partial charge in [0.1, 0.15) is 5.75 Å². The van der Waals surface area contributed by atoms with E-state index in [1.807, 2.05) is 36.4 Å². The third-order valence-electron chi connectivity index (χ3n) is 3.29. The van der Waals surface area contributed by atoms with E-state index in [4.69, 9.17) is 9.47 Å². The van der Waals surface area contributed by atoms with Crippen molar-refractivity contribution in [2.24, 2.45) is 0 Å². The highest BCUT2D eigenvalue weighted by atomic mass is 16.5. The van der Waals surface area contributed by atoms with E-state index in [1.165, 1.54) is 0 Å². The van der Waals surface area contributed by atoms with Gasteiger partial charge >= 0.3 is 0 Å². The van der Waals surface area contributed by atoms with E-state index >= 15 is 0 Å². The minimum Gasteiger partial charge on any atom is -0.496 e. The maximum atomic E-state index is 5.51. The molecule has 0 saturated heterocycles. The van der Waals surface area contributed by atoms with Crippen LogP contribution in [0.2, 0.25) is 0 Å². The second kappa shape index (κ2) is 5.21. The number of benzene rings is 2. The summed E-state index contributed by atoms with van der Waals surface area (Å²) in [5.74, 6) is 1.32. The van der Waals surface area contributed by atoms with Gasteiger partial charge in [-0.1, -0.05) is 42.5 Å². The lowest BCUT2D eigenvalue weighted by molar-refractivity contribution is 0.386. The van der Waals surface area contributed by atoms with Gasteiger partial charge in [-0.25, -0.2) is 4.98 Å². The molecule has 0 N–H and O–H groups in total. The summed E-state index contributed by atoms with van der Waals surface area (Å²) in [6, 6.07) is 18.1. The standard InChI is InChI=1S/C17H15NO2/c1-19-15-11-16(20-2)18-14-10-6-9-13(17(14)15)12-7-4-3-5-8-12/h3-11H,1-2H3. The number of rotatable bonds is 3. The molecule has 0 bridgehead atoms. The number of fused-ring (bicyclic) bond motifs is 1. The summed E-state index contributed by atoms with van der Waals surface area (Å²) in [5.41, 5.74) is 3.11. The quantitative estimate of drug-likeness (QED) is 0.719. The Morgan fingerprint density at radius 2 is 1.65 bits per heavy atom. The van der Waals surface area contributed by atoms with Crippen LogP contribution >= 0.6 is 0 Å². The molecule has 0 aliphatic heterocycles. The first-order valence-electron chi connectivity index (χ1n) is 6.40. The second-order valence-corrected chi connectivity index (χ2v) is 4.43. The number of methoxy groups -OCH3 is 2. The molecule has 0 fully saturated rings. The molecule has 0 radical (unpaired) electrons. The highest BCUT2D eigenvalue weighted by molar-refractivity contribution is 5.99. The zero-order chi connectivity index (χ0) is 13.9. The first-order chi connectivity index (χ1) is 9.83. The molecule has 0 saturated carbocycles. The van der Waals surface area contributed by atoms with Crippen LogP contribution in [0.1, 0.15) is 0 Å². The Labute approximate surface area is 117 Å². The van der Waals surface area contributed by atoms with E-state index in [0.29, 0.717) is 5.88 Å². The van der Waals surface area contributed by atoms with Gasteiger partial charge in [0.15, 0.2) is 0 Å². The Bertz CT molecular complexity index is 739. The van der Waals surface area contributed by atoms with Gasteiger partial charge in [-0.05, 0) is 17.2 Å². The van der Waals surface area contributed by atoms with Gasteiger partial charge in [0, 0.05) is 6.07 Å². The zero-order valence-corrected chi connectivity index (χ0v) is 11.5. The molecule has 0 aliphatic rings. The van der Waals surface area contributed by atoms with E-state index in [2.05, 4.69) is 23.2 Å². The van der Waals surface area contributed by atoms with Crippen molar-refractivity contribution in [3.05, 3.63) is 54.6 Å². The summed E-state index contributed by atoms with van der Waals surface area (Å²) >= 11 is 0. The molecule has 3 aromatic rings. The number of ether oxygens (including phenoxy) is 2. The van der Waals surface area contributed by atoms with Crippen LogP contribution in [0.15, 0.2) is 54.6 Å². The molecule has 3 heteroatoms. The third kappa shape index (κ3) is 2.07. The first-order valence-corrected chi connectivity index (χ1v) is 6.40. The van der Waals surface area contributed by atoms with Crippen LogP contribution in [0, 0.1) is 0 Å². The molecule has 0 aliphatic carbocycles. The number of pyridine rings is 1. The van der Waals surface area contributed by atoms with E-state index in [0.717, 1.165) is 27.8 Å². The number of hydrogen-bond acceptors (Lipinski definition) is 3. The summed E-state index contributed by atoms with van der Waals surface area (Å²) in [7, 11) is 3.27. The molecule has 0 atom stereocenters. The fourth-order valence-electron chi connectivity index (χ4n) is 2.35. The van der Waals surface area contributed by atoms with E-state index < -0.39 is 0 Å². The van der Waals surface area contributed by atoms with Crippen LogP contribution in [-0.4, -0.2) is 19.2 Å². The summed E-state index contributed by atoms with van der Waals surface area (Å²) in [6.07, 6.45) is 0. The molecule has 1 aromatic heterocycles. The van der Waals surface area contributed by atoms with Crippen LogP contribution in [-0.2, 0) is 0 Å². The molecule has 3 rings (SSSR count). The van der Waals surface area contributed by atoms with Crippen molar-refractivity contribution in [1.29, 1.82) is 0 Å². The SMILES string of the molecule is COc1cc(OC)c2c(-c3ccccc3)cccc2n1. The second-order valence-electron chi connectivity index (χ2n) is 4.43. The van der Waals surface area contributed by atoms with Gasteiger partial charge < -0.3 is 9.47 Å². The molecule has 20 heavy (non-hydrogen) atoms. The Hall–Kier alpha value is -2.55. The molecule has 3 nitrogen and oxygen atoms in total. The van der Waals surface area contributed by atoms with Crippen LogP contribution in [0.3, 0.4) is 0 Å². The maximum absolute atomic E-state index is 5.51. The van der Waals surface area contributed by atoms with E-state index in [-0.39, 0.29) is 0 Å². The van der Waals surface area contributed by atoms with E-state index in [9.17, 15) is 0 Å². The molecule has 100 valence electrons. The summed E-state index contributed by atoms with van der Waals surface area (Å²) in [4.78, 5) is 4.49. The van der Waals surface area contributed by atoms with Gasteiger partial charge in [0.25, 0.3) is 0 Å². The molecule has 2 aromatic carbocycles. The molecule has 0 spiro atoms. The lowest BCUT2D eigenvalue weighted by Crippen LogP contribution is -1.94. The summed E-state index contributed by atoms with van der Waals surface area (Å²) in [6.45, 7) is 0. The normalized spacial score (nSPS) is 10.5. The van der Waals surface area contributed by atoms with Gasteiger partial charge in [0.2, 0.25) is 5.88 Å². The third-order valence-corrected chi connectivity index (χ3v) is 3.29. The lowest BCUT2D eigenvalue weighted by atomic mass is 10.00. The zero-order valence-electron chi connectivity index (χ0n) is 11.5. The van der Waals surface area contributed by atoms with Crippen molar-refractivity contribution in [3.8, 4) is 22.8 Å². The van der Waals surface area contributed by atoms with Gasteiger partial charge in [-0.2, -0.15) is 0 Å². The lowest BCUT2D eigenvalue weighted by Gasteiger charge is -2.12. The summed E-state index contributed by atoms with van der Waals surface area (Å²) in [5, 5.41) is 1.00. The average Bonchev–Trinajstić information content (AvgIpc) is 2.53. The van der Waals surface area contributed by atoms with Crippen molar-refractivity contribution in [1.82, 2.24) is 4.98 Å². The maximum Gasteiger partial charge on any atom is 0.217 e. The van der Waals surface area contributed by atoms with Crippen molar-refractivity contribution < 1.29 is 9.47 Å². The minimum absolute atomic E-state index is 0.555. The molecular weight excluding hydrogens is 250 g/mol. The smallest absolute Gasteiger partial charge is 0.217 e. The first kappa shape index (κ1) is 12.5. The highest BCUT2D eigenvalue weighted by Crippen LogP contribution is 2.36. The van der Waals surface area contributed by atoms with Crippen molar-refractivity contribution in [3.63, 3.8) is 0 Å². The molecule has 1 heterocycles. The highest BCUT2D eigenvalue weighted by Gasteiger charge is 2.11. The Morgan fingerprint density at radius 1 is 0.850 bits per heavy atom. The van der Waals surface area contributed by atoms with Crippen molar-refractivity contribution >= 4 is 10.9 Å². The minimum atomic E-state index is 0.555. The molecule has 0 amide bonds. The van der Waals surface area contributed by atoms with Crippen LogP contribution in [0.25, 0.3) is 22.0 Å². The Kier molecular flexibility index (Phi) is 3.25. The average molecular weight is 265 g/mol.